The van der Waals surface area contributed by atoms with Crippen molar-refractivity contribution in [1.82, 2.24) is 10.6 Å². The van der Waals surface area contributed by atoms with Gasteiger partial charge in [0.25, 0.3) is 5.91 Å². The average molecular weight is 466 g/mol. The molecular formula is C26H28FN3O4. The Kier molecular flexibility index (Phi) is 6.26. The molecule has 3 aliphatic rings. The van der Waals surface area contributed by atoms with E-state index < -0.39 is 17.8 Å². The van der Waals surface area contributed by atoms with Crippen LogP contribution in [0.3, 0.4) is 0 Å². The number of nitriles is 1. The number of alkyl halides is 1. The molecule has 178 valence electrons. The van der Waals surface area contributed by atoms with Crippen LogP contribution in [0.5, 0.6) is 5.75 Å². The molecule has 0 aromatic heterocycles. The molecule has 0 spiro atoms. The third kappa shape index (κ3) is 4.39. The van der Waals surface area contributed by atoms with E-state index in [9.17, 15) is 14.4 Å². The lowest BCUT2D eigenvalue weighted by Crippen LogP contribution is -2.46. The molecule has 2 fully saturated rings. The molecule has 0 unspecified atom stereocenters. The highest BCUT2D eigenvalue weighted by atomic mass is 19.1. The van der Waals surface area contributed by atoms with Gasteiger partial charge in [0, 0.05) is 25.1 Å². The van der Waals surface area contributed by atoms with Crippen molar-refractivity contribution in [2.45, 2.75) is 44.2 Å². The average Bonchev–Trinajstić information content (AvgIpc) is 3.12. The van der Waals surface area contributed by atoms with Crippen molar-refractivity contribution in [3.8, 4) is 22.9 Å². The standard InChI is InChI=1S/C26H28FN3O4/c1-16-7-22-21-10-19(26(27)14-32-15-26)4-3-17(21)13-34-23(22)9-18(16)8-20(11-28)30-25(31)24-12-29-5-2-6-33-24/h3-4,7,9-10,20,24,29H,2,5-6,8,12-15H2,1H3,(H,30,31)/t20-,24+/m1/s1. The second kappa shape index (κ2) is 9.34. The van der Waals surface area contributed by atoms with Crippen LogP contribution in [-0.2, 0) is 33.0 Å². The lowest BCUT2D eigenvalue weighted by molar-refractivity contribution is -0.135. The van der Waals surface area contributed by atoms with Crippen LogP contribution < -0.4 is 15.4 Å². The molecule has 0 aliphatic carbocycles. The molecule has 0 radical (unpaired) electrons. The summed E-state index contributed by atoms with van der Waals surface area (Å²) in [5.41, 5.74) is 3.95. The summed E-state index contributed by atoms with van der Waals surface area (Å²) in [4.78, 5) is 12.6. The third-order valence-corrected chi connectivity index (χ3v) is 6.74. The Labute approximate surface area is 198 Å². The number of halogens is 1. The molecule has 3 aliphatic heterocycles. The summed E-state index contributed by atoms with van der Waals surface area (Å²) in [5, 5.41) is 15.7. The highest BCUT2D eigenvalue weighted by Gasteiger charge is 2.41. The first kappa shape index (κ1) is 22.8. The number of nitrogens with one attached hydrogen (secondary N) is 2. The Morgan fingerprint density at radius 1 is 1.32 bits per heavy atom. The van der Waals surface area contributed by atoms with Crippen LogP contribution in [0.2, 0.25) is 0 Å². The molecule has 2 saturated heterocycles. The van der Waals surface area contributed by atoms with Crippen LogP contribution >= 0.6 is 0 Å². The number of carbonyl (C=O) groups is 1. The predicted molar refractivity (Wildman–Crippen MR) is 123 cm³/mol. The summed E-state index contributed by atoms with van der Waals surface area (Å²) < 4.78 is 31.6. The number of aryl methyl sites for hydroxylation is 1. The highest BCUT2D eigenvalue weighted by Crippen LogP contribution is 2.43. The second-order valence-corrected chi connectivity index (χ2v) is 9.21. The largest absolute Gasteiger partial charge is 0.488 e. The third-order valence-electron chi connectivity index (χ3n) is 6.74. The highest BCUT2D eigenvalue weighted by molar-refractivity contribution is 5.82. The summed E-state index contributed by atoms with van der Waals surface area (Å²) >= 11 is 0. The van der Waals surface area contributed by atoms with E-state index in [1.807, 2.05) is 37.3 Å². The number of benzene rings is 2. The fourth-order valence-corrected chi connectivity index (χ4v) is 4.61. The first-order chi connectivity index (χ1) is 16.5. The van der Waals surface area contributed by atoms with Crippen LogP contribution in [0.1, 0.15) is 28.7 Å². The van der Waals surface area contributed by atoms with Gasteiger partial charge in [0.15, 0.2) is 5.67 Å². The molecule has 2 atom stereocenters. The number of ether oxygens (including phenoxy) is 3. The lowest BCUT2D eigenvalue weighted by atomic mass is 9.86. The molecular weight excluding hydrogens is 437 g/mol. The van der Waals surface area contributed by atoms with Crippen molar-refractivity contribution >= 4 is 5.91 Å². The summed E-state index contributed by atoms with van der Waals surface area (Å²) in [7, 11) is 0. The summed E-state index contributed by atoms with van der Waals surface area (Å²) in [6.45, 7) is 4.29. The van der Waals surface area contributed by atoms with Crippen molar-refractivity contribution in [3.63, 3.8) is 0 Å². The minimum atomic E-state index is -1.43. The van der Waals surface area contributed by atoms with Gasteiger partial charge >= 0.3 is 0 Å². The van der Waals surface area contributed by atoms with Gasteiger partial charge in [-0.1, -0.05) is 12.1 Å². The van der Waals surface area contributed by atoms with Gasteiger partial charge in [0.05, 0.1) is 19.3 Å². The number of nitrogens with zero attached hydrogens (tertiary/aromatic N) is 1. The van der Waals surface area contributed by atoms with Gasteiger partial charge in [-0.3, -0.25) is 4.79 Å². The Morgan fingerprint density at radius 2 is 2.18 bits per heavy atom. The van der Waals surface area contributed by atoms with E-state index >= 15 is 0 Å². The zero-order valence-electron chi connectivity index (χ0n) is 19.2. The van der Waals surface area contributed by atoms with Gasteiger partial charge < -0.3 is 24.8 Å². The van der Waals surface area contributed by atoms with Crippen LogP contribution in [0.4, 0.5) is 4.39 Å². The van der Waals surface area contributed by atoms with Crippen molar-refractivity contribution in [2.24, 2.45) is 0 Å². The summed E-state index contributed by atoms with van der Waals surface area (Å²) in [6, 6.07) is 11.1. The smallest absolute Gasteiger partial charge is 0.251 e. The van der Waals surface area contributed by atoms with E-state index in [1.165, 1.54) is 0 Å². The Bertz CT molecular complexity index is 1130. The van der Waals surface area contributed by atoms with Gasteiger partial charge in [-0.05, 0) is 65.9 Å². The number of hydrogen-bond donors (Lipinski definition) is 2. The molecule has 34 heavy (non-hydrogen) atoms. The van der Waals surface area contributed by atoms with Crippen LogP contribution in [-0.4, -0.2) is 51.0 Å². The van der Waals surface area contributed by atoms with Crippen molar-refractivity contribution in [2.75, 3.05) is 32.9 Å². The van der Waals surface area contributed by atoms with E-state index in [2.05, 4.69) is 16.7 Å². The van der Waals surface area contributed by atoms with E-state index in [1.54, 1.807) is 0 Å². The van der Waals surface area contributed by atoms with Crippen molar-refractivity contribution in [3.05, 3.63) is 52.6 Å². The Balaban J connectivity index is 1.35. The van der Waals surface area contributed by atoms with Gasteiger partial charge in [0.2, 0.25) is 0 Å². The first-order valence-electron chi connectivity index (χ1n) is 11.7. The molecule has 0 saturated carbocycles. The maximum atomic E-state index is 14.9. The maximum Gasteiger partial charge on any atom is 0.251 e. The first-order valence-corrected chi connectivity index (χ1v) is 11.7. The summed E-state index contributed by atoms with van der Waals surface area (Å²) in [5.74, 6) is 0.414. The van der Waals surface area contributed by atoms with Gasteiger partial charge in [-0.15, -0.1) is 0 Å². The van der Waals surface area contributed by atoms with E-state index in [0.717, 1.165) is 40.8 Å². The van der Waals surface area contributed by atoms with Gasteiger partial charge in [-0.2, -0.15) is 5.26 Å². The predicted octanol–water partition coefficient (Wildman–Crippen LogP) is 2.68. The van der Waals surface area contributed by atoms with Gasteiger partial charge in [0.1, 0.15) is 24.5 Å². The van der Waals surface area contributed by atoms with Gasteiger partial charge in [-0.25, -0.2) is 4.39 Å². The van der Waals surface area contributed by atoms with Crippen molar-refractivity contribution in [1.29, 1.82) is 5.26 Å². The molecule has 5 rings (SSSR count). The number of carbonyl (C=O) groups excluding carboxylic acids is 1. The van der Waals surface area contributed by atoms with E-state index in [-0.39, 0.29) is 19.1 Å². The minimum absolute atomic E-state index is 0.0797. The number of hydrogen-bond acceptors (Lipinski definition) is 6. The quantitative estimate of drug-likeness (QED) is 0.706. The SMILES string of the molecule is Cc1cc2c(cc1C[C@H](C#N)NC(=O)[C@@H]1CNCCCO1)OCc1ccc(C3(F)COC3)cc1-2. The molecule has 3 heterocycles. The molecule has 2 N–H and O–H groups in total. The van der Waals surface area contributed by atoms with E-state index in [4.69, 9.17) is 14.2 Å². The summed E-state index contributed by atoms with van der Waals surface area (Å²) in [6.07, 6.45) is 0.601. The Hall–Kier alpha value is -2.99. The lowest BCUT2D eigenvalue weighted by Gasteiger charge is -2.35. The molecule has 2 aromatic carbocycles. The van der Waals surface area contributed by atoms with E-state index in [0.29, 0.717) is 37.5 Å². The second-order valence-electron chi connectivity index (χ2n) is 9.21. The molecule has 0 bridgehead atoms. The fraction of sp³-hybridized carbons (Fsp3) is 0.462. The normalized spacial score (nSPS) is 21.5. The number of amides is 1. The monoisotopic (exact) mass is 465 g/mol. The molecule has 1 amide bonds. The van der Waals surface area contributed by atoms with Crippen LogP contribution in [0.15, 0.2) is 30.3 Å². The maximum absolute atomic E-state index is 14.9. The molecule has 7 nitrogen and oxygen atoms in total. The number of fused-ring (bicyclic) bond motifs is 3. The molecule has 2 aromatic rings. The molecule has 8 heteroatoms. The number of rotatable bonds is 5. The zero-order chi connectivity index (χ0) is 23.7. The zero-order valence-corrected chi connectivity index (χ0v) is 19.2. The minimum Gasteiger partial charge on any atom is -0.488 e. The topological polar surface area (TPSA) is 92.6 Å². The van der Waals surface area contributed by atoms with Crippen LogP contribution in [0.25, 0.3) is 11.1 Å². The van der Waals surface area contributed by atoms with Crippen LogP contribution in [0, 0.1) is 18.3 Å². The van der Waals surface area contributed by atoms with Crippen molar-refractivity contribution < 1.29 is 23.4 Å². The Morgan fingerprint density at radius 3 is 2.94 bits per heavy atom. The fourth-order valence-electron chi connectivity index (χ4n) is 4.61.